The Hall–Kier alpha value is -1.77. The van der Waals surface area contributed by atoms with Gasteiger partial charge in [0.1, 0.15) is 5.75 Å². The average Bonchev–Trinajstić information content (AvgIpc) is 2.70. The Balaban J connectivity index is 2.65. The molecule has 1 aliphatic carbocycles. The molecule has 1 aromatic rings. The van der Waals surface area contributed by atoms with Gasteiger partial charge in [0.2, 0.25) is 0 Å². The van der Waals surface area contributed by atoms with Crippen LogP contribution in [0, 0.1) is 6.92 Å². The highest BCUT2D eigenvalue weighted by Crippen LogP contribution is 2.36. The van der Waals surface area contributed by atoms with Gasteiger partial charge in [0.05, 0.1) is 5.71 Å². The van der Waals surface area contributed by atoms with E-state index in [1.54, 1.807) is 6.08 Å². The van der Waals surface area contributed by atoms with E-state index in [-0.39, 0.29) is 5.75 Å². The third-order valence-electron chi connectivity index (χ3n) is 3.09. The van der Waals surface area contributed by atoms with E-state index in [2.05, 4.69) is 11.7 Å². The number of hydrogen-bond donors (Lipinski definition) is 2. The smallest absolute Gasteiger partial charge is 0.128 e. The van der Waals surface area contributed by atoms with E-state index in [4.69, 9.17) is 5.21 Å². The summed E-state index contributed by atoms with van der Waals surface area (Å²) in [6, 6.07) is 1.98. The van der Waals surface area contributed by atoms with Crippen molar-refractivity contribution in [3.05, 3.63) is 41.0 Å². The molecule has 2 rings (SSSR count). The van der Waals surface area contributed by atoms with Crippen LogP contribution in [0.5, 0.6) is 5.75 Å². The molecule has 0 amide bonds. The second kappa shape index (κ2) is 4.00. The van der Waals surface area contributed by atoms with Crippen LogP contribution in [0.15, 0.2) is 23.9 Å². The minimum Gasteiger partial charge on any atom is -0.507 e. The van der Waals surface area contributed by atoms with E-state index in [0.717, 1.165) is 28.7 Å². The molecule has 84 valence electrons. The molecule has 0 radical (unpaired) electrons. The van der Waals surface area contributed by atoms with Crippen molar-refractivity contribution in [2.24, 2.45) is 5.16 Å². The van der Waals surface area contributed by atoms with Crippen LogP contribution in [0.25, 0.3) is 0 Å². The van der Waals surface area contributed by atoms with Gasteiger partial charge in [-0.25, -0.2) is 0 Å². The summed E-state index contributed by atoms with van der Waals surface area (Å²) in [5.74, 6) is 0.241. The molecule has 0 saturated carbocycles. The first kappa shape index (κ1) is 10.7. The monoisotopic (exact) mass is 217 g/mol. The second-order valence-electron chi connectivity index (χ2n) is 4.09. The van der Waals surface area contributed by atoms with Crippen molar-refractivity contribution in [2.75, 3.05) is 0 Å². The maximum atomic E-state index is 10.1. The van der Waals surface area contributed by atoms with Crippen LogP contribution in [0.3, 0.4) is 0 Å². The summed E-state index contributed by atoms with van der Waals surface area (Å²) >= 11 is 0. The van der Waals surface area contributed by atoms with Crippen molar-refractivity contribution < 1.29 is 10.3 Å². The molecule has 0 aromatic heterocycles. The number of phenols is 1. The molecule has 2 N–H and O–H groups in total. The number of fused-ring (bicyclic) bond motifs is 1. The highest BCUT2D eigenvalue weighted by atomic mass is 16.4. The number of phenolic OH excluding ortho intramolecular Hbond substituents is 1. The lowest BCUT2D eigenvalue weighted by molar-refractivity contribution is 0.318. The van der Waals surface area contributed by atoms with Gasteiger partial charge in [0, 0.05) is 5.56 Å². The molecule has 1 aliphatic rings. The third-order valence-corrected chi connectivity index (χ3v) is 3.09. The van der Waals surface area contributed by atoms with Crippen molar-refractivity contribution in [1.82, 2.24) is 0 Å². The minimum atomic E-state index is 0.241. The zero-order valence-electron chi connectivity index (χ0n) is 9.32. The Kier molecular flexibility index (Phi) is 2.69. The maximum Gasteiger partial charge on any atom is 0.128 e. The van der Waals surface area contributed by atoms with E-state index in [9.17, 15) is 5.11 Å². The highest BCUT2D eigenvalue weighted by Gasteiger charge is 2.25. The lowest BCUT2D eigenvalue weighted by Crippen LogP contribution is -1.99. The van der Waals surface area contributed by atoms with Gasteiger partial charge in [-0.05, 0) is 42.9 Å². The Morgan fingerprint density at radius 3 is 2.88 bits per heavy atom. The predicted molar refractivity (Wildman–Crippen MR) is 63.4 cm³/mol. The summed E-state index contributed by atoms with van der Waals surface area (Å²) in [4.78, 5) is 0. The number of oxime groups is 1. The molecule has 3 heteroatoms. The largest absolute Gasteiger partial charge is 0.507 e. The van der Waals surface area contributed by atoms with E-state index >= 15 is 0 Å². The fraction of sp³-hybridized carbons (Fsp3) is 0.308. The molecule has 3 nitrogen and oxygen atoms in total. The van der Waals surface area contributed by atoms with E-state index in [1.807, 2.05) is 13.0 Å². The van der Waals surface area contributed by atoms with Crippen molar-refractivity contribution in [1.29, 1.82) is 0 Å². The molecule has 0 atom stereocenters. The standard InChI is InChI=1S/C13H15NO2/c1-3-4-9-7-8(2)10-5-6-11(14-16)12(10)13(9)15/h3,7,15-16H,1,4-6H2,2H3/b14-11-. The van der Waals surface area contributed by atoms with Gasteiger partial charge >= 0.3 is 0 Å². The average molecular weight is 217 g/mol. The van der Waals surface area contributed by atoms with Gasteiger partial charge in [-0.2, -0.15) is 0 Å². The number of aromatic hydroxyl groups is 1. The highest BCUT2D eigenvalue weighted by molar-refractivity contribution is 6.07. The third kappa shape index (κ3) is 1.48. The second-order valence-corrected chi connectivity index (χ2v) is 4.09. The van der Waals surface area contributed by atoms with Gasteiger partial charge in [0.15, 0.2) is 0 Å². The molecule has 0 aliphatic heterocycles. The summed E-state index contributed by atoms with van der Waals surface area (Å²) in [7, 11) is 0. The topological polar surface area (TPSA) is 52.8 Å². The molecule has 0 unspecified atom stereocenters. The summed E-state index contributed by atoms with van der Waals surface area (Å²) < 4.78 is 0. The van der Waals surface area contributed by atoms with Gasteiger partial charge in [-0.3, -0.25) is 0 Å². The summed E-state index contributed by atoms with van der Waals surface area (Å²) in [5, 5.41) is 22.3. The lowest BCUT2D eigenvalue weighted by Gasteiger charge is -2.11. The first-order valence-corrected chi connectivity index (χ1v) is 5.35. The molecule has 0 saturated heterocycles. The summed E-state index contributed by atoms with van der Waals surface area (Å²) in [6.07, 6.45) is 3.91. The van der Waals surface area contributed by atoms with Gasteiger partial charge in [0.25, 0.3) is 0 Å². The predicted octanol–water partition coefficient (Wildman–Crippen LogP) is 2.55. The number of nitrogens with zero attached hydrogens (tertiary/aromatic N) is 1. The van der Waals surface area contributed by atoms with Crippen LogP contribution in [0.1, 0.15) is 28.7 Å². The lowest BCUT2D eigenvalue weighted by atomic mass is 9.97. The van der Waals surface area contributed by atoms with Crippen LogP contribution < -0.4 is 0 Å². The molecule has 0 heterocycles. The first-order valence-electron chi connectivity index (χ1n) is 5.35. The molecular weight excluding hydrogens is 202 g/mol. The Bertz CT molecular complexity index is 475. The molecule has 0 spiro atoms. The Labute approximate surface area is 94.7 Å². The zero-order valence-corrected chi connectivity index (χ0v) is 9.32. The van der Waals surface area contributed by atoms with Crippen molar-refractivity contribution in [2.45, 2.75) is 26.2 Å². The van der Waals surface area contributed by atoms with E-state index in [1.165, 1.54) is 0 Å². The van der Waals surface area contributed by atoms with Crippen LogP contribution in [-0.2, 0) is 12.8 Å². The minimum absolute atomic E-state index is 0.241. The SMILES string of the molecule is C=CCc1cc(C)c2c(c1O)/C(=N\O)CC2. The summed E-state index contributed by atoms with van der Waals surface area (Å²) in [6.45, 7) is 5.69. The molecule has 0 bridgehead atoms. The number of rotatable bonds is 2. The number of aryl methyl sites for hydroxylation is 1. The number of hydrogen-bond acceptors (Lipinski definition) is 3. The number of benzene rings is 1. The normalized spacial score (nSPS) is 16.4. The van der Waals surface area contributed by atoms with Crippen LogP contribution in [-0.4, -0.2) is 16.0 Å². The van der Waals surface area contributed by atoms with Gasteiger partial charge in [-0.15, -0.1) is 6.58 Å². The van der Waals surface area contributed by atoms with Gasteiger partial charge in [-0.1, -0.05) is 17.3 Å². The van der Waals surface area contributed by atoms with Crippen molar-refractivity contribution in [3.63, 3.8) is 0 Å². The van der Waals surface area contributed by atoms with Crippen molar-refractivity contribution in [3.8, 4) is 5.75 Å². The molecule has 1 aromatic carbocycles. The molecule has 0 fully saturated rings. The molecular formula is C13H15NO2. The summed E-state index contributed by atoms with van der Waals surface area (Å²) in [5.41, 5.74) is 4.39. The van der Waals surface area contributed by atoms with Crippen LogP contribution >= 0.6 is 0 Å². The van der Waals surface area contributed by atoms with Crippen molar-refractivity contribution >= 4 is 5.71 Å². The Morgan fingerprint density at radius 2 is 2.25 bits per heavy atom. The first-order chi connectivity index (χ1) is 7.69. The Morgan fingerprint density at radius 1 is 1.50 bits per heavy atom. The number of allylic oxidation sites excluding steroid dienone is 1. The van der Waals surface area contributed by atoms with Crippen LogP contribution in [0.4, 0.5) is 0 Å². The van der Waals surface area contributed by atoms with Crippen LogP contribution in [0.2, 0.25) is 0 Å². The van der Waals surface area contributed by atoms with E-state index < -0.39 is 0 Å². The fourth-order valence-electron chi connectivity index (χ4n) is 2.33. The van der Waals surface area contributed by atoms with E-state index in [0.29, 0.717) is 18.6 Å². The zero-order chi connectivity index (χ0) is 11.7. The maximum absolute atomic E-state index is 10.1. The molecule has 16 heavy (non-hydrogen) atoms. The quantitative estimate of drug-likeness (QED) is 0.454. The fourth-order valence-corrected chi connectivity index (χ4v) is 2.33. The van der Waals surface area contributed by atoms with Gasteiger partial charge < -0.3 is 10.3 Å².